The summed E-state index contributed by atoms with van der Waals surface area (Å²) in [6.07, 6.45) is -0.517. The predicted octanol–water partition coefficient (Wildman–Crippen LogP) is 1.43. The molecule has 1 aliphatic rings. The molecule has 17 heavy (non-hydrogen) atoms. The molecule has 5 heteroatoms. The van der Waals surface area contributed by atoms with Crippen LogP contribution < -0.4 is 10.6 Å². The lowest BCUT2D eigenvalue weighted by Crippen LogP contribution is -2.41. The van der Waals surface area contributed by atoms with Crippen LogP contribution in [0.1, 0.15) is 18.5 Å². The van der Waals surface area contributed by atoms with Crippen LogP contribution in [-0.2, 0) is 4.74 Å². The van der Waals surface area contributed by atoms with Crippen molar-refractivity contribution in [3.63, 3.8) is 0 Å². The first-order valence-electron chi connectivity index (χ1n) is 5.45. The maximum Gasteiger partial charge on any atom is 0.413 e. The Labute approximate surface area is 99.9 Å². The molecule has 1 aromatic carbocycles. The third-order valence-corrected chi connectivity index (χ3v) is 2.65. The van der Waals surface area contributed by atoms with Crippen molar-refractivity contribution in [2.45, 2.75) is 19.0 Å². The van der Waals surface area contributed by atoms with Crippen molar-refractivity contribution < 1.29 is 9.53 Å². The van der Waals surface area contributed by atoms with Crippen LogP contribution in [0.15, 0.2) is 35.3 Å². The molecule has 0 radical (unpaired) electrons. The van der Waals surface area contributed by atoms with Gasteiger partial charge in [0.15, 0.2) is 0 Å². The molecule has 0 aliphatic carbocycles. The minimum Gasteiger partial charge on any atom is -0.453 e. The van der Waals surface area contributed by atoms with Gasteiger partial charge in [0, 0.05) is 0 Å². The molecule has 0 fully saturated rings. The molecular weight excluding hydrogens is 218 g/mol. The van der Waals surface area contributed by atoms with E-state index in [0.717, 1.165) is 5.56 Å². The van der Waals surface area contributed by atoms with Crippen molar-refractivity contribution in [1.29, 1.82) is 0 Å². The highest BCUT2D eigenvalue weighted by molar-refractivity contribution is 5.95. The van der Waals surface area contributed by atoms with Gasteiger partial charge in [-0.1, -0.05) is 30.3 Å². The third kappa shape index (κ3) is 2.55. The number of nitrogens with one attached hydrogen (secondary N) is 2. The molecule has 0 saturated carbocycles. The molecule has 1 amide bonds. The standard InChI is InChI=1S/C12H15N3O2/c1-8-10(9-6-4-3-5-7-9)14-11(13-8)15-12(16)17-2/h3-8,10H,1-2H3,(H2,13,14,15,16). The second-order valence-corrected chi connectivity index (χ2v) is 3.88. The monoisotopic (exact) mass is 233 g/mol. The first-order valence-corrected chi connectivity index (χ1v) is 5.45. The Morgan fingerprint density at radius 2 is 2.12 bits per heavy atom. The van der Waals surface area contributed by atoms with Gasteiger partial charge in [-0.05, 0) is 12.5 Å². The molecule has 5 nitrogen and oxygen atoms in total. The minimum atomic E-state index is -0.517. The maximum absolute atomic E-state index is 11.1. The van der Waals surface area contributed by atoms with E-state index < -0.39 is 6.09 Å². The van der Waals surface area contributed by atoms with Gasteiger partial charge in [-0.3, -0.25) is 5.32 Å². The minimum absolute atomic E-state index is 0.0170. The van der Waals surface area contributed by atoms with Crippen LogP contribution in [-0.4, -0.2) is 25.2 Å². The molecule has 2 rings (SSSR count). The Hall–Kier alpha value is -2.04. The van der Waals surface area contributed by atoms with E-state index in [4.69, 9.17) is 0 Å². The highest BCUT2D eigenvalue weighted by Gasteiger charge is 2.26. The van der Waals surface area contributed by atoms with E-state index in [1.165, 1.54) is 7.11 Å². The zero-order valence-corrected chi connectivity index (χ0v) is 9.81. The van der Waals surface area contributed by atoms with E-state index in [2.05, 4.69) is 20.4 Å². The molecule has 1 heterocycles. The van der Waals surface area contributed by atoms with Crippen molar-refractivity contribution in [2.75, 3.05) is 7.11 Å². The molecule has 90 valence electrons. The van der Waals surface area contributed by atoms with Gasteiger partial charge in [0.2, 0.25) is 5.96 Å². The summed E-state index contributed by atoms with van der Waals surface area (Å²) in [6.45, 7) is 2.02. The number of carbonyl (C=O) groups excluding carboxylic acids is 1. The van der Waals surface area contributed by atoms with E-state index in [9.17, 15) is 4.79 Å². The Morgan fingerprint density at radius 1 is 1.41 bits per heavy atom. The predicted molar refractivity (Wildman–Crippen MR) is 64.8 cm³/mol. The summed E-state index contributed by atoms with van der Waals surface area (Å²) in [6, 6.07) is 10.1. The van der Waals surface area contributed by atoms with Gasteiger partial charge in [0.1, 0.15) is 0 Å². The number of carbonyl (C=O) groups is 1. The lowest BCUT2D eigenvalue weighted by atomic mass is 10.0. The van der Waals surface area contributed by atoms with Crippen molar-refractivity contribution in [1.82, 2.24) is 10.6 Å². The molecule has 1 aliphatic heterocycles. The average Bonchev–Trinajstić information content (AvgIpc) is 2.71. The molecule has 0 bridgehead atoms. The van der Waals surface area contributed by atoms with Gasteiger partial charge in [-0.15, -0.1) is 0 Å². The number of benzene rings is 1. The second-order valence-electron chi connectivity index (χ2n) is 3.88. The Morgan fingerprint density at radius 3 is 2.76 bits per heavy atom. The first kappa shape index (κ1) is 11.4. The number of hydrogen-bond donors (Lipinski definition) is 2. The first-order chi connectivity index (χ1) is 8.20. The molecule has 2 atom stereocenters. The van der Waals surface area contributed by atoms with Crippen molar-refractivity contribution in [3.05, 3.63) is 35.9 Å². The van der Waals surface area contributed by atoms with Crippen LogP contribution in [0, 0.1) is 0 Å². The summed E-state index contributed by atoms with van der Waals surface area (Å²) in [4.78, 5) is 15.5. The Kier molecular flexibility index (Phi) is 3.27. The fourth-order valence-corrected chi connectivity index (χ4v) is 1.81. The van der Waals surface area contributed by atoms with E-state index in [0.29, 0.717) is 5.96 Å². The fraction of sp³-hybridized carbons (Fsp3) is 0.333. The normalized spacial score (nSPS) is 22.6. The van der Waals surface area contributed by atoms with E-state index in [-0.39, 0.29) is 12.1 Å². The molecule has 0 spiro atoms. The molecule has 0 aromatic heterocycles. The van der Waals surface area contributed by atoms with Crippen LogP contribution >= 0.6 is 0 Å². The zero-order valence-electron chi connectivity index (χ0n) is 9.81. The summed E-state index contributed by atoms with van der Waals surface area (Å²) in [7, 11) is 1.32. The second kappa shape index (κ2) is 4.86. The Bertz CT molecular complexity index is 431. The summed E-state index contributed by atoms with van der Waals surface area (Å²) in [5.41, 5.74) is 1.12. The zero-order chi connectivity index (χ0) is 12.3. The van der Waals surface area contributed by atoms with Crippen molar-refractivity contribution in [3.8, 4) is 0 Å². The molecule has 2 unspecified atom stereocenters. The van der Waals surface area contributed by atoms with E-state index in [1.54, 1.807) is 0 Å². The van der Waals surface area contributed by atoms with Crippen LogP contribution in [0.2, 0.25) is 0 Å². The molecule has 0 saturated heterocycles. The lowest BCUT2D eigenvalue weighted by Gasteiger charge is -2.13. The lowest BCUT2D eigenvalue weighted by molar-refractivity contribution is 0.176. The highest BCUT2D eigenvalue weighted by Crippen LogP contribution is 2.24. The highest BCUT2D eigenvalue weighted by atomic mass is 16.5. The number of aliphatic imine (C=N–C) groups is 1. The summed E-state index contributed by atoms with van der Waals surface area (Å²) in [5.74, 6) is 0.457. The smallest absolute Gasteiger partial charge is 0.413 e. The van der Waals surface area contributed by atoms with Crippen LogP contribution in [0.3, 0.4) is 0 Å². The van der Waals surface area contributed by atoms with Crippen LogP contribution in [0.4, 0.5) is 4.79 Å². The third-order valence-electron chi connectivity index (χ3n) is 2.65. The number of ether oxygens (including phenoxy) is 1. The number of guanidine groups is 1. The Balaban J connectivity index is 2.12. The van der Waals surface area contributed by atoms with Gasteiger partial charge in [-0.2, -0.15) is 0 Å². The average molecular weight is 233 g/mol. The van der Waals surface area contributed by atoms with Gasteiger partial charge >= 0.3 is 6.09 Å². The number of methoxy groups -OCH3 is 1. The van der Waals surface area contributed by atoms with E-state index >= 15 is 0 Å². The van der Waals surface area contributed by atoms with Gasteiger partial charge in [0.05, 0.1) is 19.2 Å². The topological polar surface area (TPSA) is 62.7 Å². The molecular formula is C12H15N3O2. The summed E-state index contributed by atoms with van der Waals surface area (Å²) in [5, 5.41) is 5.64. The van der Waals surface area contributed by atoms with Crippen LogP contribution in [0.25, 0.3) is 0 Å². The molecule has 2 N–H and O–H groups in total. The van der Waals surface area contributed by atoms with Gasteiger partial charge in [-0.25, -0.2) is 9.79 Å². The number of hydrogen-bond acceptors (Lipinski definition) is 4. The number of rotatable bonds is 1. The van der Waals surface area contributed by atoms with Gasteiger partial charge in [0.25, 0.3) is 0 Å². The SMILES string of the molecule is COC(=O)NC1=NC(c2ccccc2)C(C)N1. The van der Waals surface area contributed by atoms with E-state index in [1.807, 2.05) is 37.3 Å². The van der Waals surface area contributed by atoms with Gasteiger partial charge < -0.3 is 10.1 Å². The fourth-order valence-electron chi connectivity index (χ4n) is 1.81. The van der Waals surface area contributed by atoms with Crippen LogP contribution in [0.5, 0.6) is 0 Å². The summed E-state index contributed by atoms with van der Waals surface area (Å²) < 4.78 is 4.52. The largest absolute Gasteiger partial charge is 0.453 e. The van der Waals surface area contributed by atoms with Crippen molar-refractivity contribution in [2.24, 2.45) is 4.99 Å². The summed E-state index contributed by atoms with van der Waals surface area (Å²) >= 11 is 0. The molecule has 1 aromatic rings. The maximum atomic E-state index is 11.1. The number of amides is 1. The number of nitrogens with zero attached hydrogens (tertiary/aromatic N) is 1. The quantitative estimate of drug-likeness (QED) is 0.771. The van der Waals surface area contributed by atoms with Crippen molar-refractivity contribution >= 4 is 12.1 Å². The number of alkyl carbamates (subject to hydrolysis) is 1.